The number of ether oxygens (including phenoxy) is 1. The van der Waals surface area contributed by atoms with Crippen LogP contribution in [0.15, 0.2) is 53.3 Å². The number of aromatic nitrogens is 5. The lowest BCUT2D eigenvalue weighted by Crippen LogP contribution is -2.37. The van der Waals surface area contributed by atoms with Crippen LogP contribution in [0.25, 0.3) is 10.9 Å². The van der Waals surface area contributed by atoms with E-state index in [1.54, 1.807) is 0 Å². The largest absolute Gasteiger partial charge is 0.377 e. The molecule has 0 spiro atoms. The van der Waals surface area contributed by atoms with E-state index in [0.717, 1.165) is 65.8 Å². The SMILES string of the molecule is CCC(c1nnnn1Cc1ccccc1)N(Cc1cc2ccc(C)c(C)c2[nH]c1=O)CC1CCCO1. The summed E-state index contributed by atoms with van der Waals surface area (Å²) in [6, 6.07) is 16.4. The number of rotatable bonds is 9. The summed E-state index contributed by atoms with van der Waals surface area (Å²) in [7, 11) is 0. The number of aromatic amines is 1. The number of fused-ring (bicyclic) bond motifs is 1. The molecular formula is C28H34N6O2. The Labute approximate surface area is 211 Å². The molecule has 1 saturated heterocycles. The van der Waals surface area contributed by atoms with Gasteiger partial charge in [0, 0.05) is 25.3 Å². The van der Waals surface area contributed by atoms with Gasteiger partial charge in [-0.15, -0.1) is 5.10 Å². The minimum atomic E-state index is -0.0530. The lowest BCUT2D eigenvalue weighted by Gasteiger charge is -2.32. The molecule has 0 saturated carbocycles. The van der Waals surface area contributed by atoms with E-state index in [1.807, 2.05) is 28.9 Å². The van der Waals surface area contributed by atoms with E-state index in [-0.39, 0.29) is 17.7 Å². The molecule has 36 heavy (non-hydrogen) atoms. The van der Waals surface area contributed by atoms with Crippen molar-refractivity contribution in [2.75, 3.05) is 13.2 Å². The molecule has 2 aromatic heterocycles. The molecule has 8 heteroatoms. The van der Waals surface area contributed by atoms with Crippen LogP contribution in [0.5, 0.6) is 0 Å². The molecule has 0 radical (unpaired) electrons. The molecule has 188 valence electrons. The first-order valence-electron chi connectivity index (χ1n) is 12.8. The van der Waals surface area contributed by atoms with Gasteiger partial charge in [0.2, 0.25) is 0 Å². The van der Waals surface area contributed by atoms with Crippen molar-refractivity contribution in [3.63, 3.8) is 0 Å². The Hall–Kier alpha value is -3.36. The maximum absolute atomic E-state index is 13.2. The first kappa shape index (κ1) is 24.3. The monoisotopic (exact) mass is 486 g/mol. The molecule has 8 nitrogen and oxygen atoms in total. The zero-order valence-corrected chi connectivity index (χ0v) is 21.3. The standard InChI is InChI=1S/C28H34N6O2/c1-4-25(27-30-31-32-34(27)16-21-9-6-5-7-10-21)33(18-24-11-8-14-36-24)17-23-15-22-13-12-19(2)20(3)26(22)29-28(23)35/h5-7,9-10,12-13,15,24-25H,4,8,11,14,16-18H2,1-3H3,(H,29,35). The zero-order chi connectivity index (χ0) is 25.1. The van der Waals surface area contributed by atoms with Crippen molar-refractivity contribution in [1.82, 2.24) is 30.1 Å². The van der Waals surface area contributed by atoms with Gasteiger partial charge >= 0.3 is 0 Å². The van der Waals surface area contributed by atoms with Crippen LogP contribution in [0.4, 0.5) is 0 Å². The number of tetrazole rings is 1. The quantitative estimate of drug-likeness (QED) is 0.379. The second-order valence-corrected chi connectivity index (χ2v) is 9.76. The van der Waals surface area contributed by atoms with Crippen LogP contribution >= 0.6 is 0 Å². The third kappa shape index (κ3) is 5.10. The topological polar surface area (TPSA) is 88.9 Å². The van der Waals surface area contributed by atoms with Crippen LogP contribution in [-0.2, 0) is 17.8 Å². The van der Waals surface area contributed by atoms with Crippen LogP contribution in [0.3, 0.4) is 0 Å². The van der Waals surface area contributed by atoms with E-state index < -0.39 is 0 Å². The molecule has 1 N–H and O–H groups in total. The van der Waals surface area contributed by atoms with Gasteiger partial charge in [0.05, 0.1) is 24.2 Å². The molecule has 2 atom stereocenters. The second-order valence-electron chi connectivity index (χ2n) is 9.76. The number of nitrogens with one attached hydrogen (secondary N) is 1. The highest BCUT2D eigenvalue weighted by Crippen LogP contribution is 2.27. The van der Waals surface area contributed by atoms with Gasteiger partial charge in [-0.2, -0.15) is 0 Å². The Morgan fingerprint density at radius 1 is 1.19 bits per heavy atom. The molecule has 0 bridgehead atoms. The maximum atomic E-state index is 13.2. The summed E-state index contributed by atoms with van der Waals surface area (Å²) in [5, 5.41) is 13.8. The van der Waals surface area contributed by atoms with E-state index in [9.17, 15) is 4.79 Å². The molecule has 2 unspecified atom stereocenters. The summed E-state index contributed by atoms with van der Waals surface area (Å²) in [6.07, 6.45) is 3.04. The van der Waals surface area contributed by atoms with Crippen molar-refractivity contribution < 1.29 is 4.74 Å². The zero-order valence-electron chi connectivity index (χ0n) is 21.3. The Morgan fingerprint density at radius 2 is 2.03 bits per heavy atom. The van der Waals surface area contributed by atoms with Crippen molar-refractivity contribution in [3.8, 4) is 0 Å². The number of H-pyrrole nitrogens is 1. The molecule has 0 amide bonds. The fourth-order valence-corrected chi connectivity index (χ4v) is 5.18. The smallest absolute Gasteiger partial charge is 0.252 e. The van der Waals surface area contributed by atoms with Gasteiger partial charge in [-0.05, 0) is 71.7 Å². The van der Waals surface area contributed by atoms with Crippen molar-refractivity contribution >= 4 is 10.9 Å². The van der Waals surface area contributed by atoms with Gasteiger partial charge in [-0.25, -0.2) is 4.68 Å². The van der Waals surface area contributed by atoms with Crippen molar-refractivity contribution in [2.24, 2.45) is 0 Å². The van der Waals surface area contributed by atoms with E-state index >= 15 is 0 Å². The number of aryl methyl sites for hydroxylation is 2. The Kier molecular flexibility index (Phi) is 7.25. The predicted octanol–water partition coefficient (Wildman–Crippen LogP) is 4.31. The molecule has 1 aliphatic rings. The van der Waals surface area contributed by atoms with Crippen molar-refractivity contribution in [3.05, 3.63) is 87.0 Å². The van der Waals surface area contributed by atoms with Crippen LogP contribution in [0.2, 0.25) is 0 Å². The summed E-state index contributed by atoms with van der Waals surface area (Å²) in [5.74, 6) is 0.808. The summed E-state index contributed by atoms with van der Waals surface area (Å²) in [5.41, 5.74) is 5.02. The van der Waals surface area contributed by atoms with Gasteiger partial charge in [0.25, 0.3) is 5.56 Å². The third-order valence-corrected chi connectivity index (χ3v) is 7.32. The molecule has 4 aromatic rings. The van der Waals surface area contributed by atoms with Crippen LogP contribution in [-0.4, -0.2) is 49.3 Å². The summed E-state index contributed by atoms with van der Waals surface area (Å²) < 4.78 is 7.88. The lowest BCUT2D eigenvalue weighted by atomic mass is 10.0. The minimum absolute atomic E-state index is 0.0488. The van der Waals surface area contributed by atoms with Crippen molar-refractivity contribution in [1.29, 1.82) is 0 Å². The minimum Gasteiger partial charge on any atom is -0.377 e. The first-order chi connectivity index (χ1) is 17.5. The highest BCUT2D eigenvalue weighted by atomic mass is 16.5. The summed E-state index contributed by atoms with van der Waals surface area (Å²) in [4.78, 5) is 18.7. The van der Waals surface area contributed by atoms with Crippen molar-refractivity contribution in [2.45, 2.75) is 65.3 Å². The number of benzene rings is 2. The molecule has 2 aromatic carbocycles. The highest BCUT2D eigenvalue weighted by Gasteiger charge is 2.29. The number of pyridine rings is 1. The molecular weight excluding hydrogens is 452 g/mol. The average molecular weight is 487 g/mol. The molecule has 1 aliphatic heterocycles. The average Bonchev–Trinajstić information content (AvgIpc) is 3.56. The van der Waals surface area contributed by atoms with Gasteiger partial charge in [-0.3, -0.25) is 9.69 Å². The summed E-state index contributed by atoms with van der Waals surface area (Å²) >= 11 is 0. The fourth-order valence-electron chi connectivity index (χ4n) is 5.18. The first-order valence-corrected chi connectivity index (χ1v) is 12.8. The molecule has 0 aliphatic carbocycles. The van der Waals surface area contributed by atoms with Crippen LogP contribution in [0, 0.1) is 13.8 Å². The normalized spacial score (nSPS) is 16.7. The van der Waals surface area contributed by atoms with Gasteiger partial charge in [0.1, 0.15) is 0 Å². The van der Waals surface area contributed by atoms with E-state index in [1.165, 1.54) is 5.56 Å². The number of nitrogens with zero attached hydrogens (tertiary/aromatic N) is 5. The Balaban J connectivity index is 1.49. The maximum Gasteiger partial charge on any atom is 0.252 e. The van der Waals surface area contributed by atoms with E-state index in [2.05, 4.69) is 70.4 Å². The van der Waals surface area contributed by atoms with E-state index in [4.69, 9.17) is 4.74 Å². The number of hydrogen-bond acceptors (Lipinski definition) is 6. The predicted molar refractivity (Wildman–Crippen MR) is 140 cm³/mol. The van der Waals surface area contributed by atoms with E-state index in [0.29, 0.717) is 13.1 Å². The van der Waals surface area contributed by atoms with Gasteiger partial charge < -0.3 is 9.72 Å². The Morgan fingerprint density at radius 3 is 2.78 bits per heavy atom. The fraction of sp³-hybridized carbons (Fsp3) is 0.429. The third-order valence-electron chi connectivity index (χ3n) is 7.32. The highest BCUT2D eigenvalue weighted by molar-refractivity contribution is 5.83. The molecule has 1 fully saturated rings. The van der Waals surface area contributed by atoms with Crippen LogP contribution < -0.4 is 5.56 Å². The van der Waals surface area contributed by atoms with Gasteiger partial charge in [-0.1, -0.05) is 49.4 Å². The molecule has 3 heterocycles. The second kappa shape index (κ2) is 10.7. The van der Waals surface area contributed by atoms with Gasteiger partial charge in [0.15, 0.2) is 5.82 Å². The Bertz CT molecular complexity index is 1370. The molecule has 5 rings (SSSR count). The number of hydrogen-bond donors (Lipinski definition) is 1. The summed E-state index contributed by atoms with van der Waals surface area (Å²) in [6.45, 7) is 8.87. The lowest BCUT2D eigenvalue weighted by molar-refractivity contribution is 0.0489. The van der Waals surface area contributed by atoms with Crippen LogP contribution in [0.1, 0.15) is 60.3 Å².